The Kier molecular flexibility index (Phi) is 6.49. The normalized spacial score (nSPS) is 11.1. The highest BCUT2D eigenvalue weighted by Gasteiger charge is 2.21. The van der Waals surface area contributed by atoms with Gasteiger partial charge in [0.05, 0.1) is 30.5 Å². The molecule has 1 aromatic heterocycles. The van der Waals surface area contributed by atoms with E-state index in [9.17, 15) is 4.79 Å². The Hall–Kier alpha value is -2.92. The summed E-state index contributed by atoms with van der Waals surface area (Å²) in [5.41, 5.74) is 5.37. The molecule has 5 heteroatoms. The molecule has 0 aliphatic carbocycles. The fourth-order valence-electron chi connectivity index (χ4n) is 3.66. The van der Waals surface area contributed by atoms with E-state index in [1.807, 2.05) is 57.3 Å². The van der Waals surface area contributed by atoms with Crippen LogP contribution in [0.15, 0.2) is 42.5 Å². The largest absolute Gasteiger partial charge is 0.496 e. The molecule has 5 nitrogen and oxygen atoms in total. The Morgan fingerprint density at radius 3 is 2.59 bits per heavy atom. The summed E-state index contributed by atoms with van der Waals surface area (Å²) < 4.78 is 10.8. The third-order valence-corrected chi connectivity index (χ3v) is 5.00. The minimum absolute atomic E-state index is 0.320. The summed E-state index contributed by atoms with van der Waals surface area (Å²) in [4.78, 5) is 19.7. The predicted octanol–water partition coefficient (Wildman–Crippen LogP) is 4.67. The van der Waals surface area contributed by atoms with Crippen molar-refractivity contribution < 1.29 is 14.3 Å². The Morgan fingerprint density at radius 1 is 1.10 bits per heavy atom. The van der Waals surface area contributed by atoms with Crippen LogP contribution in [0, 0.1) is 13.8 Å². The molecule has 1 heterocycles. The van der Waals surface area contributed by atoms with E-state index in [1.165, 1.54) is 5.56 Å². The van der Waals surface area contributed by atoms with Gasteiger partial charge in [0.25, 0.3) is 0 Å². The van der Waals surface area contributed by atoms with Crippen LogP contribution in [-0.2, 0) is 17.8 Å². The zero-order chi connectivity index (χ0) is 21.0. The topological polar surface area (TPSA) is 51.7 Å². The summed E-state index contributed by atoms with van der Waals surface area (Å²) in [6.45, 7) is 7.38. The van der Waals surface area contributed by atoms with Crippen molar-refractivity contribution in [2.24, 2.45) is 0 Å². The van der Waals surface area contributed by atoms with Gasteiger partial charge in [-0.3, -0.25) is 9.88 Å². The Balaban J connectivity index is 1.97. The van der Waals surface area contributed by atoms with E-state index >= 15 is 0 Å². The van der Waals surface area contributed by atoms with Gasteiger partial charge in [-0.05, 0) is 45.5 Å². The van der Waals surface area contributed by atoms with Gasteiger partial charge in [-0.15, -0.1) is 0 Å². The third kappa shape index (κ3) is 4.57. The first kappa shape index (κ1) is 20.8. The first-order chi connectivity index (χ1) is 13.9. The number of pyridine rings is 1. The number of para-hydroxylation sites is 1. The molecule has 3 aromatic rings. The van der Waals surface area contributed by atoms with Crippen LogP contribution in [0.2, 0.25) is 0 Å². The van der Waals surface area contributed by atoms with E-state index in [0.29, 0.717) is 25.3 Å². The molecule has 0 unspecified atom stereocenters. The van der Waals surface area contributed by atoms with Crippen molar-refractivity contribution in [2.45, 2.75) is 33.9 Å². The number of methoxy groups -OCH3 is 1. The maximum absolute atomic E-state index is 12.7. The van der Waals surface area contributed by atoms with E-state index in [2.05, 4.69) is 17.9 Å². The summed E-state index contributed by atoms with van der Waals surface area (Å²) in [6.07, 6.45) is 0. The second-order valence-corrected chi connectivity index (χ2v) is 7.28. The highest BCUT2D eigenvalue weighted by atomic mass is 16.5. The Bertz CT molecular complexity index is 1030. The molecule has 0 amide bonds. The molecular formula is C24H28N2O3. The monoisotopic (exact) mass is 392 g/mol. The molecule has 0 aliphatic rings. The lowest BCUT2D eigenvalue weighted by molar-refractivity contribution is 0.0522. The Labute approximate surface area is 172 Å². The van der Waals surface area contributed by atoms with Crippen molar-refractivity contribution >= 4 is 16.9 Å². The molecule has 0 N–H and O–H groups in total. The average molecular weight is 392 g/mol. The SMILES string of the molecule is CCOC(=O)c1c(CN(C)Cc2cc(C)ccc2OC)nc2ccccc2c1C. The van der Waals surface area contributed by atoms with Gasteiger partial charge in [0.15, 0.2) is 0 Å². The van der Waals surface area contributed by atoms with Crippen molar-refractivity contribution in [3.05, 3.63) is 70.4 Å². The van der Waals surface area contributed by atoms with Crippen LogP contribution in [0.3, 0.4) is 0 Å². The molecule has 152 valence electrons. The van der Waals surface area contributed by atoms with Gasteiger partial charge in [-0.2, -0.15) is 0 Å². The van der Waals surface area contributed by atoms with Crippen LogP contribution < -0.4 is 4.74 Å². The molecular weight excluding hydrogens is 364 g/mol. The number of ether oxygens (including phenoxy) is 2. The number of hydrogen-bond acceptors (Lipinski definition) is 5. The number of rotatable bonds is 7. The fourth-order valence-corrected chi connectivity index (χ4v) is 3.66. The number of aryl methyl sites for hydroxylation is 2. The van der Waals surface area contributed by atoms with Gasteiger partial charge in [0, 0.05) is 24.0 Å². The number of carbonyl (C=O) groups is 1. The first-order valence-electron chi connectivity index (χ1n) is 9.82. The van der Waals surface area contributed by atoms with E-state index in [-0.39, 0.29) is 5.97 Å². The molecule has 0 saturated carbocycles. The average Bonchev–Trinajstić information content (AvgIpc) is 2.68. The maximum Gasteiger partial charge on any atom is 0.340 e. The lowest BCUT2D eigenvalue weighted by atomic mass is 10.0. The quantitative estimate of drug-likeness (QED) is 0.547. The number of carbonyl (C=O) groups excluding carboxylic acids is 1. The summed E-state index contributed by atoms with van der Waals surface area (Å²) >= 11 is 0. The van der Waals surface area contributed by atoms with Crippen molar-refractivity contribution in [3.8, 4) is 5.75 Å². The van der Waals surface area contributed by atoms with E-state index in [4.69, 9.17) is 14.5 Å². The fraction of sp³-hybridized carbons (Fsp3) is 0.333. The molecule has 3 rings (SSSR count). The lowest BCUT2D eigenvalue weighted by Crippen LogP contribution is -2.22. The predicted molar refractivity (Wildman–Crippen MR) is 115 cm³/mol. The van der Waals surface area contributed by atoms with Gasteiger partial charge in [0.2, 0.25) is 0 Å². The number of fused-ring (bicyclic) bond motifs is 1. The molecule has 0 atom stereocenters. The zero-order valence-corrected chi connectivity index (χ0v) is 17.8. The molecule has 29 heavy (non-hydrogen) atoms. The molecule has 0 bridgehead atoms. The van der Waals surface area contributed by atoms with Gasteiger partial charge in [-0.25, -0.2) is 4.79 Å². The lowest BCUT2D eigenvalue weighted by Gasteiger charge is -2.21. The smallest absolute Gasteiger partial charge is 0.340 e. The zero-order valence-electron chi connectivity index (χ0n) is 17.8. The van der Waals surface area contributed by atoms with E-state index < -0.39 is 0 Å². The van der Waals surface area contributed by atoms with Gasteiger partial charge in [-0.1, -0.05) is 35.9 Å². The number of nitrogens with zero attached hydrogens (tertiary/aromatic N) is 2. The second kappa shape index (κ2) is 9.05. The van der Waals surface area contributed by atoms with Gasteiger partial charge < -0.3 is 9.47 Å². The van der Waals surface area contributed by atoms with E-state index in [0.717, 1.165) is 33.5 Å². The number of esters is 1. The van der Waals surface area contributed by atoms with Crippen LogP contribution in [-0.4, -0.2) is 36.6 Å². The summed E-state index contributed by atoms with van der Waals surface area (Å²) in [7, 11) is 3.70. The minimum Gasteiger partial charge on any atom is -0.496 e. The third-order valence-electron chi connectivity index (χ3n) is 5.00. The van der Waals surface area contributed by atoms with Gasteiger partial charge in [0.1, 0.15) is 5.75 Å². The molecule has 0 aliphatic heterocycles. The maximum atomic E-state index is 12.7. The van der Waals surface area contributed by atoms with Crippen LogP contribution in [0.4, 0.5) is 0 Å². The van der Waals surface area contributed by atoms with Crippen LogP contribution in [0.5, 0.6) is 5.75 Å². The summed E-state index contributed by atoms with van der Waals surface area (Å²) in [6, 6.07) is 14.0. The first-order valence-corrected chi connectivity index (χ1v) is 9.82. The standard InChI is InChI=1S/C24H28N2O3/c1-6-29-24(27)23-17(3)19-9-7-8-10-20(19)25-21(23)15-26(4)14-18-13-16(2)11-12-22(18)28-5/h7-13H,6,14-15H2,1-5H3. The Morgan fingerprint density at radius 2 is 1.86 bits per heavy atom. The van der Waals surface area contributed by atoms with Crippen molar-refractivity contribution in [1.82, 2.24) is 9.88 Å². The molecule has 0 spiro atoms. The van der Waals surface area contributed by atoms with Crippen LogP contribution >= 0.6 is 0 Å². The van der Waals surface area contributed by atoms with Crippen LogP contribution in [0.1, 0.15) is 39.7 Å². The number of aromatic nitrogens is 1. The second-order valence-electron chi connectivity index (χ2n) is 7.28. The highest BCUT2D eigenvalue weighted by molar-refractivity contribution is 5.98. The van der Waals surface area contributed by atoms with Crippen molar-refractivity contribution in [1.29, 1.82) is 0 Å². The number of benzene rings is 2. The molecule has 2 aromatic carbocycles. The van der Waals surface area contributed by atoms with E-state index in [1.54, 1.807) is 7.11 Å². The molecule has 0 fully saturated rings. The summed E-state index contributed by atoms with van der Waals surface area (Å²) in [5.74, 6) is 0.538. The highest BCUT2D eigenvalue weighted by Crippen LogP contribution is 2.26. The van der Waals surface area contributed by atoms with Crippen molar-refractivity contribution in [3.63, 3.8) is 0 Å². The minimum atomic E-state index is -0.320. The van der Waals surface area contributed by atoms with Crippen molar-refractivity contribution in [2.75, 3.05) is 20.8 Å². The molecule has 0 saturated heterocycles. The number of hydrogen-bond donors (Lipinski definition) is 0. The molecule has 0 radical (unpaired) electrons. The van der Waals surface area contributed by atoms with Gasteiger partial charge >= 0.3 is 5.97 Å². The summed E-state index contributed by atoms with van der Waals surface area (Å²) in [5, 5.41) is 0.974. The van der Waals surface area contributed by atoms with Crippen LogP contribution in [0.25, 0.3) is 10.9 Å².